The molecule has 3 N–H and O–H groups in total. The van der Waals surface area contributed by atoms with E-state index in [9.17, 15) is 23.1 Å². The summed E-state index contributed by atoms with van der Waals surface area (Å²) in [4.78, 5) is 11.6. The maximum Gasteiger partial charge on any atom is 0.319 e. The first kappa shape index (κ1) is 15.8. The monoisotopic (exact) mass is 310 g/mol. The Kier molecular flexibility index (Phi) is 5.00. The Bertz CT molecular complexity index is 659. The smallest absolute Gasteiger partial charge is 0.319 e. The van der Waals surface area contributed by atoms with Crippen LogP contribution in [0.2, 0.25) is 0 Å². The average molecular weight is 310 g/mol. The SMILES string of the molecule is O=C(NCC(O)c1c(F)cccc1F)Nc1ccccc1F. The highest BCUT2D eigenvalue weighted by molar-refractivity contribution is 5.89. The van der Waals surface area contributed by atoms with Gasteiger partial charge in [-0.1, -0.05) is 18.2 Å². The Morgan fingerprint density at radius 3 is 2.23 bits per heavy atom. The van der Waals surface area contributed by atoms with E-state index in [4.69, 9.17) is 0 Å². The van der Waals surface area contributed by atoms with Gasteiger partial charge in [0, 0.05) is 6.54 Å². The van der Waals surface area contributed by atoms with Crippen LogP contribution in [0.3, 0.4) is 0 Å². The number of carbonyl (C=O) groups is 1. The highest BCUT2D eigenvalue weighted by Gasteiger charge is 2.18. The summed E-state index contributed by atoms with van der Waals surface area (Å²) < 4.78 is 40.2. The highest BCUT2D eigenvalue weighted by Crippen LogP contribution is 2.20. The minimum atomic E-state index is -1.56. The fraction of sp³-hybridized carbons (Fsp3) is 0.133. The molecule has 7 heteroatoms. The minimum absolute atomic E-state index is 0.0495. The number of nitrogens with one attached hydrogen (secondary N) is 2. The third-order valence-corrected chi connectivity index (χ3v) is 2.91. The number of aliphatic hydroxyl groups excluding tert-OH is 1. The van der Waals surface area contributed by atoms with Crippen LogP contribution in [0.4, 0.5) is 23.7 Å². The van der Waals surface area contributed by atoms with Crippen LogP contribution in [0.25, 0.3) is 0 Å². The molecule has 0 aliphatic heterocycles. The molecule has 0 radical (unpaired) electrons. The minimum Gasteiger partial charge on any atom is -0.386 e. The summed E-state index contributed by atoms with van der Waals surface area (Å²) in [6.45, 7) is -0.432. The fourth-order valence-electron chi connectivity index (χ4n) is 1.85. The molecule has 0 fully saturated rings. The van der Waals surface area contributed by atoms with Gasteiger partial charge in [0.1, 0.15) is 23.6 Å². The lowest BCUT2D eigenvalue weighted by molar-refractivity contribution is 0.166. The topological polar surface area (TPSA) is 61.4 Å². The zero-order valence-electron chi connectivity index (χ0n) is 11.3. The van der Waals surface area contributed by atoms with Crippen LogP contribution >= 0.6 is 0 Å². The van der Waals surface area contributed by atoms with E-state index in [1.165, 1.54) is 30.3 Å². The lowest BCUT2D eigenvalue weighted by Gasteiger charge is -2.14. The predicted molar refractivity (Wildman–Crippen MR) is 74.7 cm³/mol. The van der Waals surface area contributed by atoms with Gasteiger partial charge in [0.25, 0.3) is 0 Å². The molecule has 0 saturated carbocycles. The Balaban J connectivity index is 1.95. The van der Waals surface area contributed by atoms with Crippen molar-refractivity contribution < 1.29 is 23.1 Å². The van der Waals surface area contributed by atoms with Crippen molar-refractivity contribution >= 4 is 11.7 Å². The predicted octanol–water partition coefficient (Wildman–Crippen LogP) is 2.96. The van der Waals surface area contributed by atoms with Gasteiger partial charge in [0.05, 0.1) is 11.3 Å². The van der Waals surface area contributed by atoms with Crippen LogP contribution in [0.15, 0.2) is 42.5 Å². The molecular formula is C15H13F3N2O2. The summed E-state index contributed by atoms with van der Waals surface area (Å²) in [7, 11) is 0. The number of aliphatic hydroxyl groups is 1. The maximum absolute atomic E-state index is 13.4. The first-order chi connectivity index (χ1) is 10.5. The zero-order valence-corrected chi connectivity index (χ0v) is 11.3. The number of amides is 2. The molecule has 0 aliphatic rings. The average Bonchev–Trinajstić information content (AvgIpc) is 2.47. The van der Waals surface area contributed by atoms with E-state index in [-0.39, 0.29) is 5.69 Å². The van der Waals surface area contributed by atoms with Crippen molar-refractivity contribution in [1.82, 2.24) is 5.32 Å². The Hall–Kier alpha value is -2.54. The number of carbonyl (C=O) groups excluding carboxylic acids is 1. The molecule has 2 rings (SSSR count). The standard InChI is InChI=1S/C15H13F3N2O2/c16-9-4-1-2-7-12(9)20-15(22)19-8-13(21)14-10(17)5-3-6-11(14)18/h1-7,13,21H,8H2,(H2,19,20,22). The number of para-hydroxylation sites is 1. The van der Waals surface area contributed by atoms with Crippen LogP contribution in [-0.2, 0) is 0 Å². The van der Waals surface area contributed by atoms with E-state index in [0.29, 0.717) is 0 Å². The molecule has 0 spiro atoms. The van der Waals surface area contributed by atoms with Gasteiger partial charge in [-0.3, -0.25) is 0 Å². The van der Waals surface area contributed by atoms with Crippen molar-refractivity contribution in [3.05, 3.63) is 65.5 Å². The lowest BCUT2D eigenvalue weighted by atomic mass is 10.1. The second-order valence-electron chi connectivity index (χ2n) is 4.47. The molecule has 0 saturated heterocycles. The molecule has 1 atom stereocenters. The van der Waals surface area contributed by atoms with Gasteiger partial charge in [-0.25, -0.2) is 18.0 Å². The third-order valence-electron chi connectivity index (χ3n) is 2.91. The Labute approximate surface area is 124 Å². The summed E-state index contributed by atoms with van der Waals surface area (Å²) in [6.07, 6.45) is -1.56. The molecule has 2 aromatic carbocycles. The van der Waals surface area contributed by atoms with Crippen LogP contribution in [0.5, 0.6) is 0 Å². The van der Waals surface area contributed by atoms with E-state index in [2.05, 4.69) is 10.6 Å². The highest BCUT2D eigenvalue weighted by atomic mass is 19.1. The third kappa shape index (κ3) is 3.76. The van der Waals surface area contributed by atoms with Crippen molar-refractivity contribution in [2.75, 3.05) is 11.9 Å². The lowest BCUT2D eigenvalue weighted by Crippen LogP contribution is -2.33. The van der Waals surface area contributed by atoms with Gasteiger partial charge in [0.2, 0.25) is 0 Å². The normalized spacial score (nSPS) is 11.8. The molecule has 2 aromatic rings. The Morgan fingerprint density at radius 1 is 1.00 bits per heavy atom. The quantitative estimate of drug-likeness (QED) is 0.813. The number of urea groups is 1. The van der Waals surface area contributed by atoms with E-state index >= 15 is 0 Å². The maximum atomic E-state index is 13.4. The molecule has 2 amide bonds. The molecular weight excluding hydrogens is 297 g/mol. The molecule has 0 aromatic heterocycles. The largest absolute Gasteiger partial charge is 0.386 e. The van der Waals surface area contributed by atoms with E-state index in [1.54, 1.807) is 0 Å². The fourth-order valence-corrected chi connectivity index (χ4v) is 1.85. The second kappa shape index (κ2) is 6.95. The van der Waals surface area contributed by atoms with Gasteiger partial charge >= 0.3 is 6.03 Å². The van der Waals surface area contributed by atoms with Gasteiger partial charge in [0.15, 0.2) is 0 Å². The second-order valence-corrected chi connectivity index (χ2v) is 4.47. The van der Waals surface area contributed by atoms with Crippen molar-refractivity contribution in [2.45, 2.75) is 6.10 Å². The Morgan fingerprint density at radius 2 is 1.59 bits per heavy atom. The molecule has 0 heterocycles. The van der Waals surface area contributed by atoms with Crippen molar-refractivity contribution in [3.63, 3.8) is 0 Å². The van der Waals surface area contributed by atoms with Crippen molar-refractivity contribution in [3.8, 4) is 0 Å². The van der Waals surface area contributed by atoms with Crippen LogP contribution in [0, 0.1) is 17.5 Å². The summed E-state index contributed by atoms with van der Waals surface area (Å²) in [6, 6.07) is 7.87. The first-order valence-electron chi connectivity index (χ1n) is 6.40. The number of rotatable bonds is 4. The van der Waals surface area contributed by atoms with Crippen molar-refractivity contribution in [2.24, 2.45) is 0 Å². The first-order valence-corrected chi connectivity index (χ1v) is 6.40. The van der Waals surface area contributed by atoms with Gasteiger partial charge in [-0.2, -0.15) is 0 Å². The molecule has 0 bridgehead atoms. The van der Waals surface area contributed by atoms with E-state index in [0.717, 1.165) is 12.1 Å². The molecule has 22 heavy (non-hydrogen) atoms. The molecule has 4 nitrogen and oxygen atoms in total. The number of benzene rings is 2. The van der Waals surface area contributed by atoms with E-state index in [1.807, 2.05) is 0 Å². The summed E-state index contributed by atoms with van der Waals surface area (Å²) in [5.41, 5.74) is -0.583. The van der Waals surface area contributed by atoms with Crippen LogP contribution in [0.1, 0.15) is 11.7 Å². The van der Waals surface area contributed by atoms with Gasteiger partial charge < -0.3 is 15.7 Å². The van der Waals surface area contributed by atoms with Gasteiger partial charge in [-0.05, 0) is 24.3 Å². The van der Waals surface area contributed by atoms with Crippen LogP contribution in [-0.4, -0.2) is 17.7 Å². The number of hydrogen-bond acceptors (Lipinski definition) is 2. The number of halogens is 3. The molecule has 1 unspecified atom stereocenters. The summed E-state index contributed by atoms with van der Waals surface area (Å²) in [5.74, 6) is -2.45. The van der Waals surface area contributed by atoms with Crippen molar-refractivity contribution in [1.29, 1.82) is 0 Å². The summed E-state index contributed by atoms with van der Waals surface area (Å²) in [5, 5.41) is 14.2. The zero-order chi connectivity index (χ0) is 16.1. The van der Waals surface area contributed by atoms with E-state index < -0.39 is 41.7 Å². The molecule has 116 valence electrons. The van der Waals surface area contributed by atoms with Gasteiger partial charge in [-0.15, -0.1) is 0 Å². The summed E-state index contributed by atoms with van der Waals surface area (Å²) >= 11 is 0. The number of anilines is 1. The number of hydrogen-bond donors (Lipinski definition) is 3. The van der Waals surface area contributed by atoms with Crippen LogP contribution < -0.4 is 10.6 Å². The molecule has 0 aliphatic carbocycles.